The first-order chi connectivity index (χ1) is 10.3. The van der Waals surface area contributed by atoms with Crippen molar-refractivity contribution in [3.8, 4) is 11.6 Å². The van der Waals surface area contributed by atoms with Gasteiger partial charge in [-0.1, -0.05) is 0 Å². The van der Waals surface area contributed by atoms with Crippen molar-refractivity contribution in [2.45, 2.75) is 19.4 Å². The minimum Gasteiger partial charge on any atom is -0.461 e. The monoisotopic (exact) mass is 291 g/mol. The molecule has 21 heavy (non-hydrogen) atoms. The van der Waals surface area contributed by atoms with Crippen LogP contribution in [0.5, 0.6) is 0 Å². The molecule has 0 bridgehead atoms. The molecule has 0 aromatic carbocycles. The predicted molar refractivity (Wildman–Crippen MR) is 71.9 cm³/mol. The summed E-state index contributed by atoms with van der Waals surface area (Å²) in [5.74, 6) is 0.994. The number of amides is 1. The Morgan fingerprint density at radius 2 is 2.43 bits per heavy atom. The van der Waals surface area contributed by atoms with Crippen LogP contribution in [0.4, 0.5) is 0 Å². The molecule has 1 fully saturated rings. The van der Waals surface area contributed by atoms with E-state index in [2.05, 4.69) is 15.4 Å². The number of hydrogen-bond donors (Lipinski definition) is 1. The maximum atomic E-state index is 12.2. The molecule has 1 saturated heterocycles. The van der Waals surface area contributed by atoms with Crippen molar-refractivity contribution in [3.05, 3.63) is 18.4 Å². The van der Waals surface area contributed by atoms with E-state index in [0.717, 1.165) is 19.4 Å². The van der Waals surface area contributed by atoms with Crippen molar-refractivity contribution in [2.24, 2.45) is 5.92 Å². The van der Waals surface area contributed by atoms with Gasteiger partial charge in [0.25, 0.3) is 0 Å². The first-order valence-electron chi connectivity index (χ1n) is 6.96. The summed E-state index contributed by atoms with van der Waals surface area (Å²) in [6, 6.07) is 3.48. The molecule has 0 radical (unpaired) electrons. The molecule has 0 aliphatic carbocycles. The van der Waals surface area contributed by atoms with Crippen LogP contribution in [-0.4, -0.2) is 55.8 Å². The lowest BCUT2D eigenvalue weighted by molar-refractivity contribution is -0.134. The lowest BCUT2D eigenvalue weighted by Crippen LogP contribution is -2.42. The van der Waals surface area contributed by atoms with Gasteiger partial charge in [0.2, 0.25) is 11.7 Å². The zero-order valence-electron chi connectivity index (χ0n) is 11.6. The maximum absolute atomic E-state index is 12.2. The molecule has 1 amide bonds. The molecule has 0 spiro atoms. The van der Waals surface area contributed by atoms with Crippen LogP contribution in [-0.2, 0) is 11.3 Å². The predicted octanol–water partition coefficient (Wildman–Crippen LogP) is 0.164. The zero-order valence-corrected chi connectivity index (χ0v) is 11.6. The van der Waals surface area contributed by atoms with Crippen molar-refractivity contribution < 1.29 is 14.3 Å². The summed E-state index contributed by atoms with van der Waals surface area (Å²) >= 11 is 0. The molecule has 1 aliphatic heterocycles. The Balaban J connectivity index is 1.62. The van der Waals surface area contributed by atoms with Crippen molar-refractivity contribution in [2.75, 3.05) is 19.7 Å². The molecule has 1 aliphatic rings. The van der Waals surface area contributed by atoms with Gasteiger partial charge in [-0.05, 0) is 36.1 Å². The van der Waals surface area contributed by atoms with E-state index in [9.17, 15) is 9.90 Å². The standard InChI is InChI=1S/C13H17N5O3/c19-9-10-3-1-5-17(7-10)12(20)8-18-15-13(14-16-18)11-4-2-6-21-11/h2,4,6,10,19H,1,3,5,7-9H2. The molecule has 3 rings (SSSR count). The number of nitrogens with zero attached hydrogens (tertiary/aromatic N) is 5. The van der Waals surface area contributed by atoms with E-state index in [1.807, 2.05) is 0 Å². The zero-order chi connectivity index (χ0) is 14.7. The fraction of sp³-hybridized carbons (Fsp3) is 0.538. The number of aliphatic hydroxyl groups excluding tert-OH is 1. The fourth-order valence-electron chi connectivity index (χ4n) is 2.48. The van der Waals surface area contributed by atoms with Gasteiger partial charge >= 0.3 is 0 Å². The highest BCUT2D eigenvalue weighted by Gasteiger charge is 2.24. The first kappa shape index (κ1) is 13.7. The summed E-state index contributed by atoms with van der Waals surface area (Å²) in [4.78, 5) is 15.2. The fourth-order valence-corrected chi connectivity index (χ4v) is 2.48. The number of tetrazole rings is 1. The number of piperidine rings is 1. The summed E-state index contributed by atoms with van der Waals surface area (Å²) in [5.41, 5.74) is 0. The van der Waals surface area contributed by atoms with Crippen LogP contribution in [0.1, 0.15) is 12.8 Å². The number of carbonyl (C=O) groups excluding carboxylic acids is 1. The number of likely N-dealkylation sites (tertiary alicyclic amines) is 1. The second-order valence-electron chi connectivity index (χ2n) is 5.15. The summed E-state index contributed by atoms with van der Waals surface area (Å²) in [6.45, 7) is 1.48. The maximum Gasteiger partial charge on any atom is 0.246 e. The van der Waals surface area contributed by atoms with Gasteiger partial charge in [-0.15, -0.1) is 10.2 Å². The Labute approximate surface area is 121 Å². The van der Waals surface area contributed by atoms with Gasteiger partial charge in [-0.3, -0.25) is 4.79 Å². The molecule has 1 N–H and O–H groups in total. The smallest absolute Gasteiger partial charge is 0.246 e. The second-order valence-corrected chi connectivity index (χ2v) is 5.15. The molecule has 8 heteroatoms. The van der Waals surface area contributed by atoms with Gasteiger partial charge in [-0.25, -0.2) is 0 Å². The van der Waals surface area contributed by atoms with Gasteiger partial charge in [0.15, 0.2) is 5.76 Å². The van der Waals surface area contributed by atoms with E-state index in [4.69, 9.17) is 4.42 Å². The first-order valence-corrected chi connectivity index (χ1v) is 6.96. The van der Waals surface area contributed by atoms with Crippen LogP contribution in [0.2, 0.25) is 0 Å². The molecular weight excluding hydrogens is 274 g/mol. The highest BCUT2D eigenvalue weighted by molar-refractivity contribution is 5.75. The van der Waals surface area contributed by atoms with E-state index in [1.54, 1.807) is 17.0 Å². The number of hydrogen-bond acceptors (Lipinski definition) is 6. The molecule has 2 aromatic rings. The minimum atomic E-state index is -0.0588. The van der Waals surface area contributed by atoms with Crippen molar-refractivity contribution in [1.82, 2.24) is 25.1 Å². The Morgan fingerprint density at radius 1 is 1.52 bits per heavy atom. The van der Waals surface area contributed by atoms with E-state index < -0.39 is 0 Å². The Bertz CT molecular complexity index is 595. The van der Waals surface area contributed by atoms with Crippen molar-refractivity contribution in [1.29, 1.82) is 0 Å². The lowest BCUT2D eigenvalue weighted by Gasteiger charge is -2.31. The van der Waals surface area contributed by atoms with Gasteiger partial charge in [0, 0.05) is 19.7 Å². The number of aliphatic hydroxyl groups is 1. The molecule has 1 atom stereocenters. The summed E-state index contributed by atoms with van der Waals surface area (Å²) < 4.78 is 5.18. The highest BCUT2D eigenvalue weighted by Crippen LogP contribution is 2.16. The largest absolute Gasteiger partial charge is 0.461 e. The summed E-state index contributed by atoms with van der Waals surface area (Å²) in [6.07, 6.45) is 3.41. The third-order valence-corrected chi connectivity index (χ3v) is 3.60. The highest BCUT2D eigenvalue weighted by atomic mass is 16.3. The summed E-state index contributed by atoms with van der Waals surface area (Å²) in [5, 5.41) is 21.1. The van der Waals surface area contributed by atoms with Gasteiger partial charge in [0.1, 0.15) is 6.54 Å². The molecule has 112 valence electrons. The Kier molecular flexibility index (Phi) is 3.96. The van der Waals surface area contributed by atoms with E-state index >= 15 is 0 Å². The van der Waals surface area contributed by atoms with Gasteiger partial charge in [-0.2, -0.15) is 4.80 Å². The van der Waals surface area contributed by atoms with Gasteiger partial charge in [0.05, 0.1) is 6.26 Å². The topological polar surface area (TPSA) is 97.3 Å². The lowest BCUT2D eigenvalue weighted by atomic mass is 9.99. The van der Waals surface area contributed by atoms with Crippen LogP contribution in [0, 0.1) is 5.92 Å². The summed E-state index contributed by atoms with van der Waals surface area (Å²) in [7, 11) is 0. The third-order valence-electron chi connectivity index (χ3n) is 3.60. The van der Waals surface area contributed by atoms with E-state index in [1.165, 1.54) is 11.1 Å². The molecule has 0 saturated carbocycles. The molecule has 3 heterocycles. The van der Waals surface area contributed by atoms with Crippen LogP contribution in [0.3, 0.4) is 0 Å². The normalized spacial score (nSPS) is 18.9. The van der Waals surface area contributed by atoms with Crippen molar-refractivity contribution in [3.63, 3.8) is 0 Å². The van der Waals surface area contributed by atoms with Gasteiger partial charge < -0.3 is 14.4 Å². The molecule has 1 unspecified atom stereocenters. The van der Waals surface area contributed by atoms with Crippen LogP contribution in [0.15, 0.2) is 22.8 Å². The Morgan fingerprint density at radius 3 is 3.19 bits per heavy atom. The van der Waals surface area contributed by atoms with Crippen LogP contribution in [0.25, 0.3) is 11.6 Å². The third kappa shape index (κ3) is 3.10. The molecule has 8 nitrogen and oxygen atoms in total. The average molecular weight is 291 g/mol. The molecule has 2 aromatic heterocycles. The number of rotatable bonds is 4. The number of furan rings is 1. The molecular formula is C13H17N5O3. The second kappa shape index (κ2) is 6.04. The van der Waals surface area contributed by atoms with E-state index in [-0.39, 0.29) is 25.0 Å². The number of aromatic nitrogens is 4. The quantitative estimate of drug-likeness (QED) is 0.862. The van der Waals surface area contributed by atoms with Crippen molar-refractivity contribution >= 4 is 5.91 Å². The minimum absolute atomic E-state index is 0.0475. The van der Waals surface area contributed by atoms with E-state index in [0.29, 0.717) is 18.1 Å². The average Bonchev–Trinajstić information content (AvgIpc) is 3.18. The SMILES string of the molecule is O=C(Cn1nnc(-c2ccco2)n1)N1CCCC(CO)C1. The number of carbonyl (C=O) groups is 1. The van der Waals surface area contributed by atoms with Crippen LogP contribution >= 0.6 is 0 Å². The van der Waals surface area contributed by atoms with Crippen LogP contribution < -0.4 is 0 Å². The Hall–Kier alpha value is -2.22.